The minimum Gasteiger partial charge on any atom is -0.356 e. The smallest absolute Gasteiger partial charge is 0.277 e. The van der Waals surface area contributed by atoms with Gasteiger partial charge >= 0.3 is 0 Å². The summed E-state index contributed by atoms with van der Waals surface area (Å²) in [4.78, 5) is 33.2. The van der Waals surface area contributed by atoms with Crippen LogP contribution in [-0.4, -0.2) is 51.8 Å². The summed E-state index contributed by atoms with van der Waals surface area (Å²) in [7, 11) is 3.15. The van der Waals surface area contributed by atoms with Crippen molar-refractivity contribution in [3.63, 3.8) is 0 Å². The largest absolute Gasteiger partial charge is 0.356 e. The molecule has 2 heterocycles. The van der Waals surface area contributed by atoms with E-state index in [2.05, 4.69) is 22.4 Å². The van der Waals surface area contributed by atoms with Crippen molar-refractivity contribution in [3.8, 4) is 0 Å². The fraction of sp³-hybridized carbons (Fsp3) is 0.227. The lowest BCUT2D eigenvalue weighted by Crippen LogP contribution is -2.52. The molecule has 4 rings (SSSR count). The molecule has 2 N–H and O–H groups in total. The van der Waals surface area contributed by atoms with E-state index in [1.54, 1.807) is 18.8 Å². The van der Waals surface area contributed by atoms with E-state index < -0.39 is 6.35 Å². The number of aliphatic hydroxyl groups excluding tert-OH is 1. The molecule has 0 saturated carbocycles. The molecule has 0 radical (unpaired) electrons. The normalized spacial score (nSPS) is 15.7. The summed E-state index contributed by atoms with van der Waals surface area (Å²) in [6, 6.07) is 17.8. The topological polar surface area (TPSA) is 90.7 Å². The van der Waals surface area contributed by atoms with E-state index in [1.807, 2.05) is 42.5 Å². The van der Waals surface area contributed by atoms with Crippen molar-refractivity contribution in [1.29, 1.82) is 0 Å². The molecule has 0 fully saturated rings. The second-order valence-corrected chi connectivity index (χ2v) is 8.25. The maximum absolute atomic E-state index is 12.8. The molecule has 3 aromatic rings. The monoisotopic (exact) mass is 437 g/mol. The van der Waals surface area contributed by atoms with Gasteiger partial charge in [0.1, 0.15) is 6.54 Å². The van der Waals surface area contributed by atoms with E-state index >= 15 is 0 Å². The van der Waals surface area contributed by atoms with Crippen LogP contribution < -0.4 is 10.2 Å². The van der Waals surface area contributed by atoms with Gasteiger partial charge in [0.15, 0.2) is 11.5 Å². The number of hydrogen-bond acceptors (Lipinski definition) is 6. The molecule has 2 amide bonds. The summed E-state index contributed by atoms with van der Waals surface area (Å²) in [6.07, 6.45) is 0.353. The van der Waals surface area contributed by atoms with Gasteiger partial charge < -0.3 is 19.9 Å². The SMILES string of the molecule is CN1C(=O)c2c(ncn2CC(=O)Nc2ccccc2SCc2ccccc2)N(C)C1O. The molecule has 0 spiro atoms. The lowest BCUT2D eigenvalue weighted by atomic mass is 10.2. The molecule has 1 aromatic heterocycles. The molecule has 0 aliphatic carbocycles. The van der Waals surface area contributed by atoms with Crippen LogP contribution >= 0.6 is 11.8 Å². The summed E-state index contributed by atoms with van der Waals surface area (Å²) < 4.78 is 1.51. The Hall–Kier alpha value is -3.30. The Morgan fingerprint density at radius 2 is 1.81 bits per heavy atom. The van der Waals surface area contributed by atoms with E-state index in [1.165, 1.54) is 33.3 Å². The van der Waals surface area contributed by atoms with Crippen molar-refractivity contribution < 1.29 is 14.7 Å². The van der Waals surface area contributed by atoms with Gasteiger partial charge in [-0.25, -0.2) is 4.98 Å². The number of benzene rings is 2. The Labute approximate surface area is 184 Å². The van der Waals surface area contributed by atoms with Gasteiger partial charge in [-0.3, -0.25) is 14.5 Å². The molecular formula is C22H23N5O3S. The summed E-state index contributed by atoms with van der Waals surface area (Å²) in [5, 5.41) is 13.1. The number of hydrogen-bond donors (Lipinski definition) is 2. The third-order valence-corrected chi connectivity index (χ3v) is 6.23. The van der Waals surface area contributed by atoms with Crippen molar-refractivity contribution in [2.75, 3.05) is 24.3 Å². The molecule has 31 heavy (non-hydrogen) atoms. The van der Waals surface area contributed by atoms with Crippen LogP contribution in [0.5, 0.6) is 0 Å². The van der Waals surface area contributed by atoms with Gasteiger partial charge in [0.2, 0.25) is 12.3 Å². The Balaban J connectivity index is 1.47. The molecule has 1 aliphatic rings. The fourth-order valence-corrected chi connectivity index (χ4v) is 4.35. The first kappa shape index (κ1) is 21.0. The number of imidazole rings is 1. The van der Waals surface area contributed by atoms with Crippen molar-refractivity contribution >= 4 is 35.1 Å². The number of rotatable bonds is 6. The highest BCUT2D eigenvalue weighted by molar-refractivity contribution is 7.98. The van der Waals surface area contributed by atoms with Crippen LogP contribution in [0.1, 0.15) is 16.1 Å². The molecule has 1 aliphatic heterocycles. The minimum absolute atomic E-state index is 0.0659. The number of fused-ring (bicyclic) bond motifs is 1. The summed E-state index contributed by atoms with van der Waals surface area (Å²) >= 11 is 1.65. The van der Waals surface area contributed by atoms with E-state index in [-0.39, 0.29) is 24.1 Å². The summed E-state index contributed by atoms with van der Waals surface area (Å²) in [5.41, 5.74) is 2.20. The fourth-order valence-electron chi connectivity index (χ4n) is 3.38. The van der Waals surface area contributed by atoms with Crippen LogP contribution in [0.15, 0.2) is 65.8 Å². The number of thioether (sulfide) groups is 1. The number of aliphatic hydroxyl groups is 1. The van der Waals surface area contributed by atoms with Gasteiger partial charge in [0.05, 0.1) is 12.0 Å². The molecule has 9 heteroatoms. The Kier molecular flexibility index (Phi) is 5.97. The van der Waals surface area contributed by atoms with Gasteiger partial charge in [0.25, 0.3) is 5.91 Å². The number of anilines is 2. The minimum atomic E-state index is -1.09. The van der Waals surface area contributed by atoms with Gasteiger partial charge in [-0.2, -0.15) is 0 Å². The summed E-state index contributed by atoms with van der Waals surface area (Å²) in [5.74, 6) is 0.488. The van der Waals surface area contributed by atoms with Crippen LogP contribution in [0, 0.1) is 0 Å². The number of nitrogens with zero attached hydrogens (tertiary/aromatic N) is 4. The van der Waals surface area contributed by atoms with Crippen molar-refractivity contribution in [2.45, 2.75) is 23.5 Å². The molecule has 1 unspecified atom stereocenters. The molecule has 8 nitrogen and oxygen atoms in total. The zero-order valence-corrected chi connectivity index (χ0v) is 18.0. The second kappa shape index (κ2) is 8.83. The third kappa shape index (κ3) is 4.28. The predicted molar refractivity (Wildman–Crippen MR) is 120 cm³/mol. The van der Waals surface area contributed by atoms with Crippen molar-refractivity contribution in [2.24, 2.45) is 0 Å². The van der Waals surface area contributed by atoms with Crippen molar-refractivity contribution in [3.05, 3.63) is 72.2 Å². The van der Waals surface area contributed by atoms with E-state index in [9.17, 15) is 14.7 Å². The highest BCUT2D eigenvalue weighted by Gasteiger charge is 2.36. The average molecular weight is 438 g/mol. The molecule has 160 valence electrons. The van der Waals surface area contributed by atoms with Crippen LogP contribution in [0.4, 0.5) is 11.5 Å². The number of aromatic nitrogens is 2. The number of carbonyl (C=O) groups excluding carboxylic acids is 2. The van der Waals surface area contributed by atoms with Gasteiger partial charge in [-0.15, -0.1) is 11.8 Å². The van der Waals surface area contributed by atoms with Crippen LogP contribution in [0.3, 0.4) is 0 Å². The highest BCUT2D eigenvalue weighted by atomic mass is 32.2. The van der Waals surface area contributed by atoms with Gasteiger partial charge in [-0.1, -0.05) is 42.5 Å². The lowest BCUT2D eigenvalue weighted by molar-refractivity contribution is -0.116. The number of carbonyl (C=O) groups is 2. The zero-order valence-electron chi connectivity index (χ0n) is 17.2. The number of para-hydroxylation sites is 1. The van der Waals surface area contributed by atoms with Crippen LogP contribution in [0.2, 0.25) is 0 Å². The average Bonchev–Trinajstić information content (AvgIpc) is 3.20. The highest BCUT2D eigenvalue weighted by Crippen LogP contribution is 2.30. The molecular weight excluding hydrogens is 414 g/mol. The Bertz CT molecular complexity index is 1100. The van der Waals surface area contributed by atoms with E-state index in [4.69, 9.17) is 0 Å². The standard InChI is InChI=1S/C22H23N5O3S/c1-25-20-19(21(29)26(2)22(25)30)27(14-23-20)12-18(28)24-16-10-6-7-11-17(16)31-13-15-8-4-3-5-9-15/h3-11,14,22,30H,12-13H2,1-2H3,(H,24,28). The maximum Gasteiger partial charge on any atom is 0.277 e. The first-order valence-corrected chi connectivity index (χ1v) is 10.7. The number of amides is 2. The summed E-state index contributed by atoms with van der Waals surface area (Å²) in [6.45, 7) is -0.0659. The van der Waals surface area contributed by atoms with E-state index in [0.717, 1.165) is 16.3 Å². The quantitative estimate of drug-likeness (QED) is 0.576. The van der Waals surface area contributed by atoms with E-state index in [0.29, 0.717) is 5.82 Å². The zero-order chi connectivity index (χ0) is 22.0. The predicted octanol–water partition coefficient (Wildman–Crippen LogP) is 2.61. The lowest BCUT2D eigenvalue weighted by Gasteiger charge is -2.36. The molecule has 1 atom stereocenters. The van der Waals surface area contributed by atoms with Crippen LogP contribution in [-0.2, 0) is 17.1 Å². The first-order valence-electron chi connectivity index (χ1n) is 9.74. The molecule has 0 saturated heterocycles. The van der Waals surface area contributed by atoms with Gasteiger partial charge in [-0.05, 0) is 17.7 Å². The Morgan fingerprint density at radius 3 is 2.58 bits per heavy atom. The van der Waals surface area contributed by atoms with Gasteiger partial charge in [0, 0.05) is 24.7 Å². The third-order valence-electron chi connectivity index (χ3n) is 5.08. The second-order valence-electron chi connectivity index (χ2n) is 7.24. The van der Waals surface area contributed by atoms with Crippen LogP contribution in [0.25, 0.3) is 0 Å². The maximum atomic E-state index is 12.8. The number of nitrogens with one attached hydrogen (secondary N) is 1. The van der Waals surface area contributed by atoms with Crippen molar-refractivity contribution in [1.82, 2.24) is 14.5 Å². The molecule has 2 aromatic carbocycles. The Morgan fingerprint density at radius 1 is 1.10 bits per heavy atom. The first-order chi connectivity index (χ1) is 15.0. The molecule has 0 bridgehead atoms.